The number of hydrogen-bond donors (Lipinski definition) is 0. The van der Waals surface area contributed by atoms with Crippen molar-refractivity contribution < 1.29 is 28.6 Å². The highest BCUT2D eigenvalue weighted by molar-refractivity contribution is 8.29. The predicted molar refractivity (Wildman–Crippen MR) is 135 cm³/mol. The summed E-state index contributed by atoms with van der Waals surface area (Å²) in [5.41, 5.74) is 1.27. The number of fused-ring (bicyclic) bond motifs is 1. The second-order valence-corrected chi connectivity index (χ2v) is 10.3. The number of thiocarbonyl (C=S) groups is 1. The maximum atomic E-state index is 13.0. The molecule has 0 bridgehead atoms. The number of methoxy groups -OCH3 is 2. The molecule has 3 rings (SSSR count). The van der Waals surface area contributed by atoms with E-state index in [-0.39, 0.29) is 15.7 Å². The van der Waals surface area contributed by atoms with Crippen molar-refractivity contribution in [3.8, 4) is 5.75 Å². The molecular weight excluding hydrogens is 482 g/mol. The summed E-state index contributed by atoms with van der Waals surface area (Å²) in [6, 6.07) is 5.50. The van der Waals surface area contributed by atoms with Crippen LogP contribution in [0.1, 0.15) is 39.7 Å². The molecule has 0 fully saturated rings. The number of esters is 2. The number of benzene rings is 1. The zero-order chi connectivity index (χ0) is 24.5. The van der Waals surface area contributed by atoms with Gasteiger partial charge in [-0.1, -0.05) is 42.7 Å². The third-order valence-electron chi connectivity index (χ3n) is 5.22. The number of nitrogens with zero attached hydrogens (tertiary/aromatic N) is 1. The fourth-order valence-electron chi connectivity index (χ4n) is 3.66. The average Bonchev–Trinajstić information content (AvgIpc) is 3.23. The van der Waals surface area contributed by atoms with Gasteiger partial charge in [0.05, 0.1) is 41.2 Å². The molecule has 0 unspecified atom stereocenters. The Hall–Kier alpha value is -2.30. The van der Waals surface area contributed by atoms with Gasteiger partial charge in [-0.3, -0.25) is 4.79 Å². The number of amides is 1. The van der Waals surface area contributed by atoms with Gasteiger partial charge in [0.1, 0.15) is 15.6 Å². The van der Waals surface area contributed by atoms with Crippen LogP contribution in [0.25, 0.3) is 5.57 Å². The smallest absolute Gasteiger partial charge is 0.346 e. The summed E-state index contributed by atoms with van der Waals surface area (Å²) in [6.45, 7) is 7.95. The molecule has 0 radical (unpaired) electrons. The van der Waals surface area contributed by atoms with Gasteiger partial charge in [0.15, 0.2) is 0 Å². The van der Waals surface area contributed by atoms with Crippen molar-refractivity contribution in [3.05, 3.63) is 37.8 Å². The normalized spacial score (nSPS) is 17.2. The molecule has 2 aliphatic heterocycles. The highest BCUT2D eigenvalue weighted by Gasteiger charge is 2.45. The fourth-order valence-corrected chi connectivity index (χ4v) is 6.69. The Morgan fingerprint density at radius 3 is 2.09 bits per heavy atom. The minimum Gasteiger partial charge on any atom is -0.494 e. The van der Waals surface area contributed by atoms with E-state index in [4.69, 9.17) is 26.4 Å². The molecule has 0 N–H and O–H groups in total. The molecule has 176 valence electrons. The van der Waals surface area contributed by atoms with Crippen molar-refractivity contribution >= 4 is 69.7 Å². The van der Waals surface area contributed by atoms with Crippen LogP contribution >= 0.6 is 35.7 Å². The Morgan fingerprint density at radius 1 is 1.03 bits per heavy atom. The van der Waals surface area contributed by atoms with Crippen molar-refractivity contribution in [2.24, 2.45) is 0 Å². The topological polar surface area (TPSA) is 82.1 Å². The SMILES string of the molecule is CCOc1ccc2c(c1)C(=C1SC(C(=O)OC)=C(C(=O)OC)S1)C(=S)C(C)(C)N2C(=O)CC. The van der Waals surface area contributed by atoms with E-state index in [2.05, 4.69) is 0 Å². The zero-order valence-electron chi connectivity index (χ0n) is 19.3. The first-order chi connectivity index (χ1) is 15.6. The van der Waals surface area contributed by atoms with Crippen molar-refractivity contribution in [2.45, 2.75) is 39.7 Å². The molecule has 0 aliphatic carbocycles. The lowest BCUT2D eigenvalue weighted by Gasteiger charge is -2.45. The molecule has 0 aromatic heterocycles. The molecule has 0 spiro atoms. The summed E-state index contributed by atoms with van der Waals surface area (Å²) in [5, 5.41) is 0. The number of thioether (sulfide) groups is 2. The first-order valence-corrected chi connectivity index (χ1v) is 12.3. The van der Waals surface area contributed by atoms with Gasteiger partial charge in [0.2, 0.25) is 5.91 Å². The Balaban J connectivity index is 2.27. The highest BCUT2D eigenvalue weighted by Crippen LogP contribution is 2.56. The summed E-state index contributed by atoms with van der Waals surface area (Å²) in [5.74, 6) is -0.693. The van der Waals surface area contributed by atoms with Gasteiger partial charge in [-0.2, -0.15) is 0 Å². The van der Waals surface area contributed by atoms with Crippen LogP contribution < -0.4 is 9.64 Å². The Morgan fingerprint density at radius 2 is 1.61 bits per heavy atom. The third kappa shape index (κ3) is 4.43. The van der Waals surface area contributed by atoms with Crippen molar-refractivity contribution in [3.63, 3.8) is 0 Å². The molecule has 2 heterocycles. The predicted octanol–water partition coefficient (Wildman–Crippen LogP) is 4.70. The summed E-state index contributed by atoms with van der Waals surface area (Å²) in [6.07, 6.45) is 0.314. The Kier molecular flexibility index (Phi) is 7.60. The largest absolute Gasteiger partial charge is 0.494 e. The van der Waals surface area contributed by atoms with Gasteiger partial charge >= 0.3 is 11.9 Å². The first kappa shape index (κ1) is 25.3. The fraction of sp³-hybridized carbons (Fsp3) is 0.391. The van der Waals surface area contributed by atoms with Crippen molar-refractivity contribution in [2.75, 3.05) is 25.7 Å². The molecule has 1 aromatic rings. The number of hydrogen-bond acceptors (Lipinski definition) is 9. The van der Waals surface area contributed by atoms with Crippen LogP contribution in [-0.4, -0.2) is 49.1 Å². The molecule has 1 aromatic carbocycles. The maximum absolute atomic E-state index is 13.0. The van der Waals surface area contributed by atoms with Crippen LogP contribution in [0.4, 0.5) is 5.69 Å². The standard InChI is InChI=1S/C23H25NO6S3/c1-7-15(25)24-14-10-9-12(30-8-2)11-13(14)16(19(31)23(24,3)4)22-32-17(20(26)28-5)18(33-22)21(27)29-6/h9-11H,7-8H2,1-6H3. The van der Waals surface area contributed by atoms with Crippen LogP contribution in [-0.2, 0) is 23.9 Å². The van der Waals surface area contributed by atoms with Crippen LogP contribution in [0, 0.1) is 0 Å². The van der Waals surface area contributed by atoms with Gasteiger partial charge in [0, 0.05) is 17.6 Å². The number of ether oxygens (including phenoxy) is 3. The summed E-state index contributed by atoms with van der Waals surface area (Å²) in [4.78, 5) is 40.3. The Labute approximate surface area is 206 Å². The van der Waals surface area contributed by atoms with Crippen LogP contribution in [0.2, 0.25) is 0 Å². The molecule has 0 saturated heterocycles. The van der Waals surface area contributed by atoms with Crippen molar-refractivity contribution in [1.82, 2.24) is 0 Å². The highest BCUT2D eigenvalue weighted by atomic mass is 32.2. The minimum absolute atomic E-state index is 0.0628. The van der Waals surface area contributed by atoms with Gasteiger partial charge in [0.25, 0.3) is 0 Å². The molecule has 7 nitrogen and oxygen atoms in total. The van der Waals surface area contributed by atoms with Crippen LogP contribution in [0.3, 0.4) is 0 Å². The third-order valence-corrected chi connectivity index (χ3v) is 8.49. The van der Waals surface area contributed by atoms with Crippen molar-refractivity contribution in [1.29, 1.82) is 0 Å². The van der Waals surface area contributed by atoms with E-state index >= 15 is 0 Å². The maximum Gasteiger partial charge on any atom is 0.346 e. The van der Waals surface area contributed by atoms with E-state index in [1.54, 1.807) is 4.90 Å². The molecular formula is C23H25NO6S3. The molecule has 2 aliphatic rings. The second-order valence-electron chi connectivity index (χ2n) is 7.59. The number of carbonyl (C=O) groups excluding carboxylic acids is 3. The molecule has 33 heavy (non-hydrogen) atoms. The van der Waals surface area contributed by atoms with E-state index < -0.39 is 17.5 Å². The summed E-state index contributed by atoms with van der Waals surface area (Å²) < 4.78 is 16.1. The van der Waals surface area contributed by atoms with E-state index in [9.17, 15) is 14.4 Å². The summed E-state index contributed by atoms with van der Waals surface area (Å²) in [7, 11) is 2.51. The van der Waals surface area contributed by atoms with E-state index in [1.807, 2.05) is 45.9 Å². The van der Waals surface area contributed by atoms with Crippen LogP contribution in [0.5, 0.6) is 5.75 Å². The van der Waals surface area contributed by atoms with E-state index in [0.717, 1.165) is 23.5 Å². The second kappa shape index (κ2) is 9.90. The van der Waals surface area contributed by atoms with Gasteiger partial charge in [-0.15, -0.1) is 0 Å². The van der Waals surface area contributed by atoms with Crippen LogP contribution in [0.15, 0.2) is 32.2 Å². The minimum atomic E-state index is -0.814. The quantitative estimate of drug-likeness (QED) is 0.320. The monoisotopic (exact) mass is 507 g/mol. The average molecular weight is 508 g/mol. The Bertz CT molecular complexity index is 1080. The van der Waals surface area contributed by atoms with Gasteiger partial charge < -0.3 is 19.1 Å². The first-order valence-electron chi connectivity index (χ1n) is 10.3. The lowest BCUT2D eigenvalue weighted by molar-refractivity contribution is -0.138. The summed E-state index contributed by atoms with van der Waals surface area (Å²) >= 11 is 8.16. The zero-order valence-corrected chi connectivity index (χ0v) is 21.7. The molecule has 1 amide bonds. The lowest BCUT2D eigenvalue weighted by atomic mass is 9.83. The number of anilines is 1. The van der Waals surface area contributed by atoms with Gasteiger partial charge in [-0.05, 0) is 39.0 Å². The van der Waals surface area contributed by atoms with E-state index in [1.165, 1.54) is 14.2 Å². The number of carbonyl (C=O) groups is 3. The van der Waals surface area contributed by atoms with Gasteiger partial charge in [-0.25, -0.2) is 9.59 Å². The number of rotatable bonds is 5. The molecule has 10 heteroatoms. The molecule has 0 atom stereocenters. The lowest BCUT2D eigenvalue weighted by Crippen LogP contribution is -2.55. The molecule has 0 saturated carbocycles. The van der Waals surface area contributed by atoms with E-state index in [0.29, 0.717) is 44.7 Å².